The lowest BCUT2D eigenvalue weighted by Gasteiger charge is -2.34. The molecule has 1 aliphatic rings. The summed E-state index contributed by atoms with van der Waals surface area (Å²) < 4.78 is 33.8. The highest BCUT2D eigenvalue weighted by Crippen LogP contribution is 2.23. The number of oxime groups is 1. The van der Waals surface area contributed by atoms with Gasteiger partial charge in [0.25, 0.3) is 0 Å². The van der Waals surface area contributed by atoms with Crippen LogP contribution in [0, 0.1) is 12.8 Å². The van der Waals surface area contributed by atoms with E-state index in [0.717, 1.165) is 20.6 Å². The number of rotatable bonds is 17. The Hall–Kier alpha value is -3.89. The Morgan fingerprint density at radius 1 is 1.17 bits per heavy atom. The molecule has 13 nitrogen and oxygen atoms in total. The molecule has 48 heavy (non-hydrogen) atoms. The Bertz CT molecular complexity index is 1630. The largest absolute Gasteiger partial charge is 0.411 e. The lowest BCUT2D eigenvalue weighted by molar-refractivity contribution is -0.128. The van der Waals surface area contributed by atoms with E-state index in [-0.39, 0.29) is 43.0 Å². The number of sulfonamides is 1. The average Bonchev–Trinajstić information content (AvgIpc) is 3.63. The number of urea groups is 1. The van der Waals surface area contributed by atoms with Gasteiger partial charge >= 0.3 is 6.03 Å². The van der Waals surface area contributed by atoms with Crippen molar-refractivity contribution < 1.29 is 33.1 Å². The highest BCUT2D eigenvalue weighted by molar-refractivity contribution is 7.89. The first-order valence-corrected chi connectivity index (χ1v) is 18.0. The number of methoxy groups -OCH3 is 1. The lowest BCUT2D eigenvalue weighted by Crippen LogP contribution is -2.57. The summed E-state index contributed by atoms with van der Waals surface area (Å²) in [6.07, 6.45) is 0.0713. The van der Waals surface area contributed by atoms with E-state index in [4.69, 9.17) is 9.94 Å². The van der Waals surface area contributed by atoms with Crippen molar-refractivity contribution in [3.05, 3.63) is 81.8 Å². The molecule has 1 aromatic heterocycles. The molecule has 0 bridgehead atoms. The standard InChI is InChI=1S/C33H44N6O7S2/c1-23(2)31(39-15-14-37(33(39)42)20-27-22-47-24(3)35-27)32(41)36-29(18-25-8-6-5-7-9-25)30(40)21-38(16-17-46-4)48(44,45)28-12-10-26(11-13-28)19-34-43/h5-13,19,22-23,29-31,40,43H,14-18,20-21H2,1-4H3,(H,36,41)/t29-,30-,31-/m0/s1. The van der Waals surface area contributed by atoms with Crippen molar-refractivity contribution in [1.82, 2.24) is 24.4 Å². The molecule has 3 N–H and O–H groups in total. The van der Waals surface area contributed by atoms with Crippen molar-refractivity contribution in [1.29, 1.82) is 0 Å². The van der Waals surface area contributed by atoms with E-state index in [2.05, 4.69) is 15.5 Å². The maximum atomic E-state index is 14.0. The number of carbonyl (C=O) groups excluding carboxylic acids is 2. The normalized spacial score (nSPS) is 15.9. The van der Waals surface area contributed by atoms with Crippen LogP contribution in [0.3, 0.4) is 0 Å². The van der Waals surface area contributed by atoms with Gasteiger partial charge in [0.15, 0.2) is 0 Å². The third kappa shape index (κ3) is 9.38. The number of benzene rings is 2. The van der Waals surface area contributed by atoms with Crippen molar-refractivity contribution in [3.8, 4) is 0 Å². The van der Waals surface area contributed by atoms with Gasteiger partial charge in [-0.2, -0.15) is 4.31 Å². The van der Waals surface area contributed by atoms with Crippen LogP contribution < -0.4 is 5.32 Å². The topological polar surface area (TPSA) is 165 Å². The smallest absolute Gasteiger partial charge is 0.321 e. The number of nitrogens with one attached hydrogen (secondary N) is 1. The number of carbonyl (C=O) groups is 2. The van der Waals surface area contributed by atoms with Crippen LogP contribution in [0.15, 0.2) is 70.0 Å². The monoisotopic (exact) mass is 700 g/mol. The van der Waals surface area contributed by atoms with E-state index in [1.165, 1.54) is 48.9 Å². The number of aryl methyl sites for hydroxylation is 1. The zero-order valence-corrected chi connectivity index (χ0v) is 29.2. The lowest BCUT2D eigenvalue weighted by atomic mass is 9.98. The van der Waals surface area contributed by atoms with Crippen molar-refractivity contribution in [2.24, 2.45) is 11.1 Å². The third-order valence-electron chi connectivity index (χ3n) is 8.13. The molecule has 0 aliphatic carbocycles. The maximum Gasteiger partial charge on any atom is 0.321 e. The average molecular weight is 701 g/mol. The number of hydrogen-bond donors (Lipinski definition) is 3. The number of aliphatic hydroxyl groups is 1. The zero-order chi connectivity index (χ0) is 34.8. The van der Waals surface area contributed by atoms with Gasteiger partial charge in [-0.25, -0.2) is 18.2 Å². The fourth-order valence-corrected chi connectivity index (χ4v) is 7.73. The number of thiazole rings is 1. The first kappa shape index (κ1) is 36.9. The molecule has 1 fully saturated rings. The van der Waals surface area contributed by atoms with Crippen LogP contribution in [-0.4, -0.2) is 114 Å². The van der Waals surface area contributed by atoms with Gasteiger partial charge in [0.1, 0.15) is 6.04 Å². The summed E-state index contributed by atoms with van der Waals surface area (Å²) in [6, 6.07) is 13.1. The summed E-state index contributed by atoms with van der Waals surface area (Å²) in [5.74, 6) is -0.681. The van der Waals surface area contributed by atoms with Gasteiger partial charge in [0.05, 0.1) is 47.1 Å². The molecule has 0 saturated carbocycles. The second-order valence-corrected chi connectivity index (χ2v) is 15.0. The van der Waals surface area contributed by atoms with Crippen LogP contribution in [0.5, 0.6) is 0 Å². The van der Waals surface area contributed by atoms with E-state index in [0.29, 0.717) is 25.2 Å². The van der Waals surface area contributed by atoms with Gasteiger partial charge in [-0.1, -0.05) is 61.5 Å². The predicted octanol–water partition coefficient (Wildman–Crippen LogP) is 2.95. The van der Waals surface area contributed by atoms with Crippen LogP contribution >= 0.6 is 11.3 Å². The van der Waals surface area contributed by atoms with E-state index in [1.54, 1.807) is 9.80 Å². The molecule has 2 aromatic carbocycles. The van der Waals surface area contributed by atoms with Crippen molar-refractivity contribution in [3.63, 3.8) is 0 Å². The van der Waals surface area contributed by atoms with Gasteiger partial charge in [0, 0.05) is 38.7 Å². The molecule has 260 valence electrons. The second kappa shape index (κ2) is 17.0. The molecule has 3 aromatic rings. The molecule has 3 atom stereocenters. The first-order chi connectivity index (χ1) is 22.9. The van der Waals surface area contributed by atoms with Gasteiger partial charge in [-0.15, -0.1) is 11.3 Å². The summed E-state index contributed by atoms with van der Waals surface area (Å²) in [5, 5.41) is 29.3. The number of nitrogens with zero attached hydrogens (tertiary/aromatic N) is 5. The molecule has 1 aliphatic heterocycles. The molecule has 15 heteroatoms. The minimum absolute atomic E-state index is 0.0191. The molecule has 1 saturated heterocycles. The quantitative estimate of drug-likeness (QED) is 0.110. The summed E-state index contributed by atoms with van der Waals surface area (Å²) >= 11 is 1.52. The Labute approximate surface area is 285 Å². The molecule has 0 spiro atoms. The molecule has 4 rings (SSSR count). The molecule has 2 heterocycles. The Kier molecular flexibility index (Phi) is 13.1. The highest BCUT2D eigenvalue weighted by Gasteiger charge is 2.40. The van der Waals surface area contributed by atoms with E-state index < -0.39 is 34.1 Å². The minimum atomic E-state index is -4.10. The van der Waals surface area contributed by atoms with Gasteiger partial charge in [0.2, 0.25) is 15.9 Å². The van der Waals surface area contributed by atoms with Crippen LogP contribution in [0.1, 0.15) is 35.7 Å². The van der Waals surface area contributed by atoms with Crippen LogP contribution in [-0.2, 0) is 32.5 Å². The summed E-state index contributed by atoms with van der Waals surface area (Å²) in [7, 11) is -2.65. The summed E-state index contributed by atoms with van der Waals surface area (Å²) in [4.78, 5) is 35.2. The zero-order valence-electron chi connectivity index (χ0n) is 27.6. The third-order valence-corrected chi connectivity index (χ3v) is 10.8. The number of ether oxygens (including phenoxy) is 1. The molecular formula is C33H44N6O7S2. The van der Waals surface area contributed by atoms with Crippen molar-refractivity contribution in [2.45, 2.75) is 56.8 Å². The fraction of sp³-hybridized carbons (Fsp3) is 0.455. The number of aromatic nitrogens is 1. The number of hydrogen-bond acceptors (Lipinski definition) is 10. The van der Waals surface area contributed by atoms with Gasteiger partial charge in [-0.3, -0.25) is 4.79 Å². The molecule has 0 radical (unpaired) electrons. The van der Waals surface area contributed by atoms with Gasteiger partial charge < -0.3 is 30.2 Å². The first-order valence-electron chi connectivity index (χ1n) is 15.7. The van der Waals surface area contributed by atoms with Crippen LogP contribution in [0.2, 0.25) is 0 Å². The molecule has 0 unspecified atom stereocenters. The summed E-state index contributed by atoms with van der Waals surface area (Å²) in [5.41, 5.74) is 2.13. The highest BCUT2D eigenvalue weighted by atomic mass is 32.2. The maximum absolute atomic E-state index is 14.0. The Balaban J connectivity index is 1.56. The number of aliphatic hydroxyl groups excluding tert-OH is 1. The van der Waals surface area contributed by atoms with E-state index >= 15 is 0 Å². The molecule has 3 amide bonds. The Morgan fingerprint density at radius 3 is 2.48 bits per heavy atom. The fourth-order valence-electron chi connectivity index (χ4n) is 5.69. The van der Waals surface area contributed by atoms with Crippen LogP contribution in [0.4, 0.5) is 4.79 Å². The predicted molar refractivity (Wildman–Crippen MR) is 183 cm³/mol. The molecular weight excluding hydrogens is 657 g/mol. The minimum Gasteiger partial charge on any atom is -0.411 e. The summed E-state index contributed by atoms with van der Waals surface area (Å²) in [6.45, 7) is 6.48. The van der Waals surface area contributed by atoms with E-state index in [9.17, 15) is 23.1 Å². The van der Waals surface area contributed by atoms with Crippen molar-refractivity contribution in [2.75, 3.05) is 39.9 Å². The van der Waals surface area contributed by atoms with Gasteiger partial charge in [-0.05, 0) is 42.5 Å². The van der Waals surface area contributed by atoms with E-state index in [1.807, 2.05) is 56.5 Å². The van der Waals surface area contributed by atoms with Crippen LogP contribution in [0.25, 0.3) is 0 Å². The Morgan fingerprint density at radius 2 is 1.88 bits per heavy atom. The SMILES string of the molecule is COCCN(C[C@H](O)[C@H](Cc1ccccc1)NC(=O)[C@H](C(C)C)N1CCN(Cc2csc(C)n2)C1=O)S(=O)(=O)c1ccc(C=NO)cc1. The number of amides is 3. The second-order valence-electron chi connectivity index (χ2n) is 12.0. The van der Waals surface area contributed by atoms with Crippen molar-refractivity contribution >= 4 is 39.5 Å².